The Labute approximate surface area is 127 Å². The van der Waals surface area contributed by atoms with Gasteiger partial charge >= 0.3 is 0 Å². The number of hydrogen-bond donors (Lipinski definition) is 1. The van der Waals surface area contributed by atoms with Gasteiger partial charge in [0.15, 0.2) is 0 Å². The summed E-state index contributed by atoms with van der Waals surface area (Å²) in [7, 11) is 0. The van der Waals surface area contributed by atoms with Crippen LogP contribution in [0.2, 0.25) is 0 Å². The van der Waals surface area contributed by atoms with Gasteiger partial charge in [0.05, 0.1) is 13.2 Å². The zero-order valence-corrected chi connectivity index (χ0v) is 12.9. The molecular formula is C15H28N4O2. The maximum absolute atomic E-state index is 12.1. The van der Waals surface area contributed by atoms with E-state index >= 15 is 0 Å². The van der Waals surface area contributed by atoms with E-state index in [-0.39, 0.29) is 0 Å². The standard InChI is InChI=1S/C15H28N4O2/c20-15(19-8-10-21-11-9-19)2-1-3-17-4-6-18(7-5-17)14-12-16-13-14/h14,16H,1-13H2. The Morgan fingerprint density at radius 2 is 1.76 bits per heavy atom. The van der Waals surface area contributed by atoms with E-state index in [0.29, 0.717) is 25.5 Å². The lowest BCUT2D eigenvalue weighted by Crippen LogP contribution is -2.61. The zero-order valence-electron chi connectivity index (χ0n) is 12.9. The summed E-state index contributed by atoms with van der Waals surface area (Å²) in [5, 5.41) is 3.34. The molecule has 3 saturated heterocycles. The second-order valence-corrected chi connectivity index (χ2v) is 6.29. The molecule has 6 heteroatoms. The molecule has 0 aliphatic carbocycles. The number of carbonyl (C=O) groups is 1. The highest BCUT2D eigenvalue weighted by molar-refractivity contribution is 5.76. The zero-order chi connectivity index (χ0) is 14.5. The van der Waals surface area contributed by atoms with Crippen LogP contribution in [0.5, 0.6) is 0 Å². The van der Waals surface area contributed by atoms with Gasteiger partial charge in [-0.05, 0) is 13.0 Å². The third-order valence-electron chi connectivity index (χ3n) is 4.91. The summed E-state index contributed by atoms with van der Waals surface area (Å²) in [6.07, 6.45) is 1.67. The van der Waals surface area contributed by atoms with E-state index in [0.717, 1.165) is 58.3 Å². The van der Waals surface area contributed by atoms with Gasteiger partial charge in [0.25, 0.3) is 0 Å². The van der Waals surface area contributed by atoms with Gasteiger partial charge in [-0.3, -0.25) is 9.69 Å². The molecule has 1 amide bonds. The maximum atomic E-state index is 12.1. The third kappa shape index (κ3) is 4.16. The van der Waals surface area contributed by atoms with Crippen LogP contribution in [-0.4, -0.2) is 98.8 Å². The highest BCUT2D eigenvalue weighted by atomic mass is 16.5. The number of hydrogen-bond acceptors (Lipinski definition) is 5. The number of piperazine rings is 1. The topological polar surface area (TPSA) is 48.1 Å². The molecule has 0 unspecified atom stereocenters. The molecule has 6 nitrogen and oxygen atoms in total. The SMILES string of the molecule is O=C(CCCN1CCN(C2CNC2)CC1)N1CCOCC1. The minimum atomic E-state index is 0.303. The fourth-order valence-electron chi connectivity index (χ4n) is 3.31. The fourth-order valence-corrected chi connectivity index (χ4v) is 3.31. The van der Waals surface area contributed by atoms with Gasteiger partial charge in [0.2, 0.25) is 5.91 Å². The van der Waals surface area contributed by atoms with Crippen molar-refractivity contribution in [2.45, 2.75) is 18.9 Å². The van der Waals surface area contributed by atoms with E-state index < -0.39 is 0 Å². The Bertz CT molecular complexity index is 335. The van der Waals surface area contributed by atoms with Gasteiger partial charge in [0, 0.05) is 64.8 Å². The molecule has 0 spiro atoms. The second kappa shape index (κ2) is 7.54. The molecule has 0 atom stereocenters. The van der Waals surface area contributed by atoms with Crippen LogP contribution < -0.4 is 5.32 Å². The number of nitrogens with zero attached hydrogens (tertiary/aromatic N) is 3. The normalized spacial score (nSPS) is 25.8. The van der Waals surface area contributed by atoms with Crippen LogP contribution in [0, 0.1) is 0 Å². The van der Waals surface area contributed by atoms with Gasteiger partial charge in [-0.2, -0.15) is 0 Å². The fraction of sp³-hybridized carbons (Fsp3) is 0.933. The average Bonchev–Trinajstić information content (AvgIpc) is 2.48. The molecule has 0 radical (unpaired) electrons. The molecule has 0 bridgehead atoms. The van der Waals surface area contributed by atoms with Gasteiger partial charge in [0.1, 0.15) is 0 Å². The Morgan fingerprint density at radius 1 is 1.05 bits per heavy atom. The molecule has 3 aliphatic rings. The molecule has 3 fully saturated rings. The number of amides is 1. The Balaban J connectivity index is 1.28. The monoisotopic (exact) mass is 296 g/mol. The van der Waals surface area contributed by atoms with Gasteiger partial charge in [-0.1, -0.05) is 0 Å². The van der Waals surface area contributed by atoms with E-state index in [4.69, 9.17) is 4.74 Å². The Morgan fingerprint density at radius 3 is 2.38 bits per heavy atom. The molecule has 3 aliphatic heterocycles. The van der Waals surface area contributed by atoms with Crippen LogP contribution in [0.1, 0.15) is 12.8 Å². The predicted octanol–water partition coefficient (Wildman–Crippen LogP) is -0.785. The summed E-state index contributed by atoms with van der Waals surface area (Å²) in [6.45, 7) is 11.0. The first-order chi connectivity index (χ1) is 10.3. The van der Waals surface area contributed by atoms with Crippen molar-refractivity contribution in [3.8, 4) is 0 Å². The molecule has 0 saturated carbocycles. The lowest BCUT2D eigenvalue weighted by Gasteiger charge is -2.43. The lowest BCUT2D eigenvalue weighted by atomic mass is 10.1. The van der Waals surface area contributed by atoms with Crippen molar-refractivity contribution < 1.29 is 9.53 Å². The number of morpholine rings is 1. The summed E-state index contributed by atoms with van der Waals surface area (Å²) in [5.74, 6) is 0.303. The number of nitrogens with one attached hydrogen (secondary N) is 1. The second-order valence-electron chi connectivity index (χ2n) is 6.29. The summed E-state index contributed by atoms with van der Waals surface area (Å²) < 4.78 is 5.28. The van der Waals surface area contributed by atoms with E-state index in [1.807, 2.05) is 4.90 Å². The summed E-state index contributed by atoms with van der Waals surface area (Å²) in [6, 6.07) is 0.773. The molecule has 0 aromatic carbocycles. The van der Waals surface area contributed by atoms with E-state index in [2.05, 4.69) is 15.1 Å². The van der Waals surface area contributed by atoms with Crippen molar-refractivity contribution in [3.63, 3.8) is 0 Å². The molecule has 120 valence electrons. The van der Waals surface area contributed by atoms with Crippen LogP contribution in [0.4, 0.5) is 0 Å². The molecule has 3 heterocycles. The first-order valence-corrected chi connectivity index (χ1v) is 8.35. The van der Waals surface area contributed by atoms with Crippen LogP contribution in [0.3, 0.4) is 0 Å². The van der Waals surface area contributed by atoms with Gasteiger partial charge < -0.3 is 19.9 Å². The minimum absolute atomic E-state index is 0.303. The molecule has 21 heavy (non-hydrogen) atoms. The van der Waals surface area contributed by atoms with E-state index in [1.54, 1.807) is 0 Å². The molecule has 0 aromatic heterocycles. The molecule has 1 N–H and O–H groups in total. The molecule has 0 aromatic rings. The van der Waals surface area contributed by atoms with E-state index in [1.165, 1.54) is 13.1 Å². The highest BCUT2D eigenvalue weighted by Gasteiger charge is 2.27. The first kappa shape index (κ1) is 15.2. The van der Waals surface area contributed by atoms with Crippen molar-refractivity contribution in [3.05, 3.63) is 0 Å². The summed E-state index contributed by atoms with van der Waals surface area (Å²) in [5.41, 5.74) is 0. The first-order valence-electron chi connectivity index (χ1n) is 8.35. The van der Waals surface area contributed by atoms with Crippen LogP contribution >= 0.6 is 0 Å². The quantitative estimate of drug-likeness (QED) is 0.721. The minimum Gasteiger partial charge on any atom is -0.378 e. The lowest BCUT2D eigenvalue weighted by molar-refractivity contribution is -0.135. The number of carbonyl (C=O) groups excluding carboxylic acids is 1. The van der Waals surface area contributed by atoms with Crippen LogP contribution in [0.25, 0.3) is 0 Å². The summed E-state index contributed by atoms with van der Waals surface area (Å²) in [4.78, 5) is 19.1. The van der Waals surface area contributed by atoms with Crippen LogP contribution in [0.15, 0.2) is 0 Å². The van der Waals surface area contributed by atoms with E-state index in [9.17, 15) is 4.79 Å². The van der Waals surface area contributed by atoms with Gasteiger partial charge in [-0.25, -0.2) is 0 Å². The van der Waals surface area contributed by atoms with Gasteiger partial charge in [-0.15, -0.1) is 0 Å². The van der Waals surface area contributed by atoms with Crippen molar-refractivity contribution in [1.29, 1.82) is 0 Å². The molecular weight excluding hydrogens is 268 g/mol. The van der Waals surface area contributed by atoms with Crippen molar-refractivity contribution >= 4 is 5.91 Å². The highest BCUT2D eigenvalue weighted by Crippen LogP contribution is 2.10. The number of rotatable bonds is 5. The van der Waals surface area contributed by atoms with Crippen molar-refractivity contribution in [2.24, 2.45) is 0 Å². The third-order valence-corrected chi connectivity index (χ3v) is 4.91. The Kier molecular flexibility index (Phi) is 5.46. The Hall–Kier alpha value is -0.690. The number of ether oxygens (including phenoxy) is 1. The molecule has 3 rings (SSSR count). The van der Waals surface area contributed by atoms with Crippen molar-refractivity contribution in [1.82, 2.24) is 20.0 Å². The predicted molar refractivity (Wildman–Crippen MR) is 81.3 cm³/mol. The van der Waals surface area contributed by atoms with Crippen LogP contribution in [-0.2, 0) is 9.53 Å². The smallest absolute Gasteiger partial charge is 0.222 e. The largest absolute Gasteiger partial charge is 0.378 e. The summed E-state index contributed by atoms with van der Waals surface area (Å²) >= 11 is 0. The van der Waals surface area contributed by atoms with Crippen molar-refractivity contribution in [2.75, 3.05) is 72.1 Å². The average molecular weight is 296 g/mol. The maximum Gasteiger partial charge on any atom is 0.222 e.